The molecule has 2 aromatic rings. The standard InChI is InChI=1S/C17H26N4O/c1-5-6-7-8-16-19-17(21(20-16)9-10-22-4)15-12-18-14(3)11-13(15)2/h11-12H,5-10H2,1-4H3. The van der Waals surface area contributed by atoms with Crippen molar-refractivity contribution in [1.29, 1.82) is 0 Å². The van der Waals surface area contributed by atoms with Gasteiger partial charge in [0, 0.05) is 31.0 Å². The molecular weight excluding hydrogens is 276 g/mol. The number of nitrogens with zero attached hydrogens (tertiary/aromatic N) is 4. The minimum atomic E-state index is 0.628. The second-order valence-corrected chi connectivity index (χ2v) is 5.67. The van der Waals surface area contributed by atoms with Crippen LogP contribution in [0.4, 0.5) is 0 Å². The van der Waals surface area contributed by atoms with Crippen molar-refractivity contribution in [2.45, 2.75) is 53.0 Å². The van der Waals surface area contributed by atoms with Crippen molar-refractivity contribution >= 4 is 0 Å². The van der Waals surface area contributed by atoms with Crippen LogP contribution in [0.15, 0.2) is 12.3 Å². The first kappa shape index (κ1) is 16.6. The highest BCUT2D eigenvalue weighted by molar-refractivity contribution is 5.59. The molecule has 0 fully saturated rings. The lowest BCUT2D eigenvalue weighted by Gasteiger charge is -2.08. The highest BCUT2D eigenvalue weighted by Gasteiger charge is 2.14. The van der Waals surface area contributed by atoms with Crippen molar-refractivity contribution in [3.05, 3.63) is 29.3 Å². The summed E-state index contributed by atoms with van der Waals surface area (Å²) < 4.78 is 7.14. The monoisotopic (exact) mass is 302 g/mol. The number of hydrogen-bond donors (Lipinski definition) is 0. The first-order valence-electron chi connectivity index (χ1n) is 8.02. The molecule has 0 atom stereocenters. The van der Waals surface area contributed by atoms with Gasteiger partial charge in [0.2, 0.25) is 0 Å². The molecule has 5 heteroatoms. The van der Waals surface area contributed by atoms with Crippen molar-refractivity contribution in [2.75, 3.05) is 13.7 Å². The van der Waals surface area contributed by atoms with Gasteiger partial charge in [0.05, 0.1) is 13.2 Å². The predicted octanol–water partition coefficient (Wildman–Crippen LogP) is 3.34. The van der Waals surface area contributed by atoms with Gasteiger partial charge in [-0.1, -0.05) is 19.8 Å². The summed E-state index contributed by atoms with van der Waals surface area (Å²) in [6.07, 6.45) is 6.38. The van der Waals surface area contributed by atoms with Gasteiger partial charge in [-0.2, -0.15) is 5.10 Å². The lowest BCUT2D eigenvalue weighted by Crippen LogP contribution is -2.08. The molecule has 0 aliphatic rings. The fourth-order valence-electron chi connectivity index (χ4n) is 2.49. The summed E-state index contributed by atoms with van der Waals surface area (Å²) in [5.74, 6) is 1.81. The van der Waals surface area contributed by atoms with Crippen LogP contribution in [-0.4, -0.2) is 33.5 Å². The second kappa shape index (κ2) is 8.03. The normalized spacial score (nSPS) is 11.1. The van der Waals surface area contributed by atoms with E-state index in [-0.39, 0.29) is 0 Å². The number of aryl methyl sites for hydroxylation is 3. The zero-order chi connectivity index (χ0) is 15.9. The topological polar surface area (TPSA) is 52.8 Å². The Morgan fingerprint density at radius 1 is 1.23 bits per heavy atom. The Balaban J connectivity index is 2.30. The highest BCUT2D eigenvalue weighted by Crippen LogP contribution is 2.22. The maximum absolute atomic E-state index is 5.19. The van der Waals surface area contributed by atoms with E-state index in [0.29, 0.717) is 13.2 Å². The molecule has 0 aliphatic carbocycles. The van der Waals surface area contributed by atoms with Crippen LogP contribution < -0.4 is 0 Å². The average Bonchev–Trinajstić information content (AvgIpc) is 2.88. The van der Waals surface area contributed by atoms with E-state index >= 15 is 0 Å². The summed E-state index contributed by atoms with van der Waals surface area (Å²) in [6, 6.07) is 2.08. The summed E-state index contributed by atoms with van der Waals surface area (Å²) in [6.45, 7) is 7.64. The van der Waals surface area contributed by atoms with Gasteiger partial charge in [-0.05, 0) is 31.9 Å². The molecule has 0 radical (unpaired) electrons. The SMILES string of the molecule is CCCCCc1nc(-c2cnc(C)cc2C)n(CCOC)n1. The molecule has 2 aromatic heterocycles. The molecule has 2 rings (SSSR count). The largest absolute Gasteiger partial charge is 0.383 e. The van der Waals surface area contributed by atoms with Gasteiger partial charge in [0.25, 0.3) is 0 Å². The van der Waals surface area contributed by atoms with Crippen LogP contribution >= 0.6 is 0 Å². The van der Waals surface area contributed by atoms with Crippen LogP contribution in [0.3, 0.4) is 0 Å². The lowest BCUT2D eigenvalue weighted by atomic mass is 10.1. The molecule has 0 saturated heterocycles. The molecule has 120 valence electrons. The molecule has 22 heavy (non-hydrogen) atoms. The number of rotatable bonds is 8. The van der Waals surface area contributed by atoms with Gasteiger partial charge in [-0.3, -0.25) is 4.98 Å². The van der Waals surface area contributed by atoms with E-state index in [1.54, 1.807) is 7.11 Å². The number of unbranched alkanes of at least 4 members (excludes halogenated alkanes) is 2. The third-order valence-electron chi connectivity index (χ3n) is 3.72. The average molecular weight is 302 g/mol. The molecule has 0 unspecified atom stereocenters. The van der Waals surface area contributed by atoms with Gasteiger partial charge in [0.1, 0.15) is 0 Å². The molecule has 2 heterocycles. The molecule has 0 bridgehead atoms. The Bertz CT molecular complexity index is 607. The van der Waals surface area contributed by atoms with E-state index in [4.69, 9.17) is 9.72 Å². The highest BCUT2D eigenvalue weighted by atomic mass is 16.5. The molecule has 5 nitrogen and oxygen atoms in total. The summed E-state index contributed by atoms with van der Waals surface area (Å²) in [5.41, 5.74) is 3.25. The van der Waals surface area contributed by atoms with Crippen LogP contribution in [0.5, 0.6) is 0 Å². The van der Waals surface area contributed by atoms with E-state index in [0.717, 1.165) is 35.7 Å². The van der Waals surface area contributed by atoms with Crippen molar-refractivity contribution < 1.29 is 4.74 Å². The number of pyridine rings is 1. The molecule has 0 N–H and O–H groups in total. The third kappa shape index (κ3) is 4.13. The van der Waals surface area contributed by atoms with Crippen molar-refractivity contribution in [1.82, 2.24) is 19.7 Å². The summed E-state index contributed by atoms with van der Waals surface area (Å²) in [5, 5.41) is 4.66. The molecule has 0 aliphatic heterocycles. The summed E-state index contributed by atoms with van der Waals surface area (Å²) in [4.78, 5) is 9.16. The maximum atomic E-state index is 5.19. The number of ether oxygens (including phenoxy) is 1. The van der Waals surface area contributed by atoms with Crippen LogP contribution in [-0.2, 0) is 17.7 Å². The zero-order valence-electron chi connectivity index (χ0n) is 14.1. The van der Waals surface area contributed by atoms with Crippen LogP contribution in [0.2, 0.25) is 0 Å². The van der Waals surface area contributed by atoms with Crippen molar-refractivity contribution in [2.24, 2.45) is 0 Å². The maximum Gasteiger partial charge on any atom is 0.160 e. The quantitative estimate of drug-likeness (QED) is 0.702. The smallest absolute Gasteiger partial charge is 0.160 e. The fraction of sp³-hybridized carbons (Fsp3) is 0.588. The first-order chi connectivity index (χ1) is 10.7. The molecule has 0 spiro atoms. The zero-order valence-corrected chi connectivity index (χ0v) is 14.1. The van der Waals surface area contributed by atoms with E-state index in [1.165, 1.54) is 18.4 Å². The number of aromatic nitrogens is 4. The van der Waals surface area contributed by atoms with Crippen molar-refractivity contribution in [3.63, 3.8) is 0 Å². The first-order valence-corrected chi connectivity index (χ1v) is 8.02. The van der Waals surface area contributed by atoms with Gasteiger partial charge >= 0.3 is 0 Å². The van der Waals surface area contributed by atoms with Crippen LogP contribution in [0.25, 0.3) is 11.4 Å². The lowest BCUT2D eigenvalue weighted by molar-refractivity contribution is 0.184. The predicted molar refractivity (Wildman–Crippen MR) is 87.8 cm³/mol. The van der Waals surface area contributed by atoms with E-state index < -0.39 is 0 Å². The van der Waals surface area contributed by atoms with Crippen molar-refractivity contribution in [3.8, 4) is 11.4 Å². The Morgan fingerprint density at radius 3 is 2.73 bits per heavy atom. The van der Waals surface area contributed by atoms with Gasteiger partial charge < -0.3 is 4.74 Å². The molecule has 0 saturated carbocycles. The van der Waals surface area contributed by atoms with E-state index in [1.807, 2.05) is 17.8 Å². The summed E-state index contributed by atoms with van der Waals surface area (Å²) >= 11 is 0. The third-order valence-corrected chi connectivity index (χ3v) is 3.72. The minimum Gasteiger partial charge on any atom is -0.383 e. The second-order valence-electron chi connectivity index (χ2n) is 5.67. The van der Waals surface area contributed by atoms with E-state index in [9.17, 15) is 0 Å². The van der Waals surface area contributed by atoms with Gasteiger partial charge in [-0.15, -0.1) is 0 Å². The fourth-order valence-corrected chi connectivity index (χ4v) is 2.49. The number of methoxy groups -OCH3 is 1. The number of hydrogen-bond acceptors (Lipinski definition) is 4. The molecule has 0 amide bonds. The summed E-state index contributed by atoms with van der Waals surface area (Å²) in [7, 11) is 1.71. The Morgan fingerprint density at radius 2 is 2.05 bits per heavy atom. The van der Waals surface area contributed by atoms with Crippen LogP contribution in [0.1, 0.15) is 43.3 Å². The van der Waals surface area contributed by atoms with Gasteiger partial charge in [0.15, 0.2) is 11.6 Å². The Labute approximate surface area is 132 Å². The van der Waals surface area contributed by atoms with E-state index in [2.05, 4.69) is 30.0 Å². The Kier molecular flexibility index (Phi) is 6.07. The minimum absolute atomic E-state index is 0.628. The van der Waals surface area contributed by atoms with Gasteiger partial charge in [-0.25, -0.2) is 9.67 Å². The molecule has 0 aromatic carbocycles. The van der Waals surface area contributed by atoms with Crippen LogP contribution in [0, 0.1) is 13.8 Å². The molecular formula is C17H26N4O. The Hall–Kier alpha value is -1.75.